The first kappa shape index (κ1) is 14.9. The molecule has 0 saturated heterocycles. The third-order valence-electron chi connectivity index (χ3n) is 3.69. The molecule has 3 rings (SSSR count). The predicted octanol–water partition coefficient (Wildman–Crippen LogP) is 4.48. The summed E-state index contributed by atoms with van der Waals surface area (Å²) in [6, 6.07) is 21.9. The molecule has 3 aromatic rings. The number of nitrogens with one attached hydrogen (secondary N) is 1. The van der Waals surface area contributed by atoms with Gasteiger partial charge < -0.3 is 16.0 Å². The third-order valence-corrected chi connectivity index (χ3v) is 3.69. The molecule has 3 N–H and O–H groups in total. The molecule has 0 unspecified atom stereocenters. The lowest BCUT2D eigenvalue weighted by molar-refractivity contribution is 1.10. The van der Waals surface area contributed by atoms with Gasteiger partial charge in [-0.1, -0.05) is 30.3 Å². The van der Waals surface area contributed by atoms with Crippen LogP contribution in [0, 0.1) is 6.92 Å². The summed E-state index contributed by atoms with van der Waals surface area (Å²) in [5.41, 5.74) is 9.76. The maximum absolute atomic E-state index is 5.89. The molecule has 0 spiro atoms. The van der Waals surface area contributed by atoms with E-state index < -0.39 is 0 Å². The Labute approximate surface area is 136 Å². The Hall–Kier alpha value is -3.01. The van der Waals surface area contributed by atoms with Crippen molar-refractivity contribution in [2.24, 2.45) is 0 Å². The Balaban J connectivity index is 1.91. The van der Waals surface area contributed by atoms with Gasteiger partial charge in [-0.25, -0.2) is 4.98 Å². The minimum absolute atomic E-state index is 0.741. The molecule has 2 aromatic carbocycles. The molecule has 0 bridgehead atoms. The normalized spacial score (nSPS) is 10.3. The number of rotatable bonds is 4. The molecule has 0 amide bonds. The van der Waals surface area contributed by atoms with Gasteiger partial charge in [0.2, 0.25) is 0 Å². The van der Waals surface area contributed by atoms with E-state index in [1.165, 1.54) is 0 Å². The Morgan fingerprint density at radius 1 is 0.957 bits per heavy atom. The Kier molecular flexibility index (Phi) is 4.15. The molecule has 1 heterocycles. The van der Waals surface area contributed by atoms with E-state index in [0.29, 0.717) is 0 Å². The highest BCUT2D eigenvalue weighted by atomic mass is 15.2. The fourth-order valence-electron chi connectivity index (χ4n) is 2.45. The van der Waals surface area contributed by atoms with Crippen LogP contribution in [0.2, 0.25) is 0 Å². The van der Waals surface area contributed by atoms with Crippen LogP contribution < -0.4 is 16.0 Å². The van der Waals surface area contributed by atoms with Crippen LogP contribution in [0.15, 0.2) is 66.7 Å². The van der Waals surface area contributed by atoms with Crippen LogP contribution in [0.4, 0.5) is 28.7 Å². The zero-order valence-electron chi connectivity index (χ0n) is 13.3. The van der Waals surface area contributed by atoms with Gasteiger partial charge in [-0.2, -0.15) is 0 Å². The van der Waals surface area contributed by atoms with E-state index in [9.17, 15) is 0 Å². The van der Waals surface area contributed by atoms with E-state index >= 15 is 0 Å². The van der Waals surface area contributed by atoms with Crippen LogP contribution >= 0.6 is 0 Å². The molecule has 116 valence electrons. The van der Waals surface area contributed by atoms with Gasteiger partial charge in [-0.05, 0) is 48.9 Å². The molecule has 23 heavy (non-hydrogen) atoms. The minimum Gasteiger partial charge on any atom is -0.399 e. The fourth-order valence-corrected chi connectivity index (χ4v) is 2.45. The molecule has 1 aromatic heterocycles. The molecule has 0 aliphatic heterocycles. The number of hydrogen-bond donors (Lipinski definition) is 2. The summed E-state index contributed by atoms with van der Waals surface area (Å²) < 4.78 is 0. The SMILES string of the molecule is Cc1ccc(Nc2ccccc2)nc1N(C)c1cccc(N)c1. The molecule has 0 saturated carbocycles. The van der Waals surface area contributed by atoms with Crippen molar-refractivity contribution in [3.8, 4) is 0 Å². The first-order valence-electron chi connectivity index (χ1n) is 7.52. The number of nitrogens with zero attached hydrogens (tertiary/aromatic N) is 2. The molecule has 0 fully saturated rings. The standard InChI is InChI=1S/C19H20N4/c1-14-11-12-18(21-16-8-4-3-5-9-16)22-19(14)23(2)17-10-6-7-15(20)13-17/h3-13H,20H2,1-2H3,(H,21,22). The second-order valence-corrected chi connectivity index (χ2v) is 5.48. The summed E-state index contributed by atoms with van der Waals surface area (Å²) in [5.74, 6) is 1.71. The van der Waals surface area contributed by atoms with Crippen LogP contribution in [-0.2, 0) is 0 Å². The topological polar surface area (TPSA) is 54.2 Å². The number of aryl methyl sites for hydroxylation is 1. The number of hydrogen-bond acceptors (Lipinski definition) is 4. The fraction of sp³-hybridized carbons (Fsp3) is 0.105. The van der Waals surface area contributed by atoms with Crippen molar-refractivity contribution in [1.29, 1.82) is 0 Å². The second kappa shape index (κ2) is 6.40. The molecule has 4 heteroatoms. The molecular weight excluding hydrogens is 284 g/mol. The summed E-state index contributed by atoms with van der Waals surface area (Å²) >= 11 is 0. The van der Waals surface area contributed by atoms with E-state index in [4.69, 9.17) is 10.7 Å². The lowest BCUT2D eigenvalue weighted by Crippen LogP contribution is -2.13. The van der Waals surface area contributed by atoms with Crippen molar-refractivity contribution in [2.75, 3.05) is 23.0 Å². The van der Waals surface area contributed by atoms with Gasteiger partial charge in [0.1, 0.15) is 11.6 Å². The van der Waals surface area contributed by atoms with Crippen molar-refractivity contribution < 1.29 is 0 Å². The van der Waals surface area contributed by atoms with E-state index in [-0.39, 0.29) is 0 Å². The van der Waals surface area contributed by atoms with Crippen LogP contribution in [0.5, 0.6) is 0 Å². The van der Waals surface area contributed by atoms with E-state index in [0.717, 1.165) is 34.3 Å². The van der Waals surface area contributed by atoms with Crippen molar-refractivity contribution in [3.05, 3.63) is 72.3 Å². The molecule has 4 nitrogen and oxygen atoms in total. The first-order valence-corrected chi connectivity index (χ1v) is 7.52. The molecule has 0 atom stereocenters. The number of aromatic nitrogens is 1. The highest BCUT2D eigenvalue weighted by Crippen LogP contribution is 2.28. The van der Waals surface area contributed by atoms with Gasteiger partial charge in [0.05, 0.1) is 0 Å². The zero-order chi connectivity index (χ0) is 16.2. The van der Waals surface area contributed by atoms with Gasteiger partial charge in [0, 0.05) is 24.1 Å². The molecule has 0 aliphatic carbocycles. The zero-order valence-corrected chi connectivity index (χ0v) is 13.3. The lowest BCUT2D eigenvalue weighted by Gasteiger charge is -2.21. The predicted molar refractivity (Wildman–Crippen MR) is 97.6 cm³/mol. The van der Waals surface area contributed by atoms with Crippen LogP contribution in [-0.4, -0.2) is 12.0 Å². The van der Waals surface area contributed by atoms with Crippen LogP contribution in [0.3, 0.4) is 0 Å². The Bertz CT molecular complexity index is 799. The van der Waals surface area contributed by atoms with E-state index in [1.54, 1.807) is 0 Å². The third kappa shape index (κ3) is 3.43. The van der Waals surface area contributed by atoms with Gasteiger partial charge in [0.25, 0.3) is 0 Å². The highest BCUT2D eigenvalue weighted by molar-refractivity contribution is 5.68. The number of nitrogens with two attached hydrogens (primary N) is 1. The number of nitrogen functional groups attached to an aromatic ring is 1. The summed E-state index contributed by atoms with van der Waals surface area (Å²) in [4.78, 5) is 6.79. The maximum atomic E-state index is 5.89. The summed E-state index contributed by atoms with van der Waals surface area (Å²) in [7, 11) is 2.00. The largest absolute Gasteiger partial charge is 0.399 e. The van der Waals surface area contributed by atoms with Gasteiger partial charge in [-0.15, -0.1) is 0 Å². The average Bonchev–Trinajstić information content (AvgIpc) is 2.57. The van der Waals surface area contributed by atoms with Crippen molar-refractivity contribution in [3.63, 3.8) is 0 Å². The van der Waals surface area contributed by atoms with Gasteiger partial charge >= 0.3 is 0 Å². The second-order valence-electron chi connectivity index (χ2n) is 5.48. The summed E-state index contributed by atoms with van der Waals surface area (Å²) in [6.07, 6.45) is 0. The van der Waals surface area contributed by atoms with Crippen molar-refractivity contribution in [1.82, 2.24) is 4.98 Å². The smallest absolute Gasteiger partial charge is 0.138 e. The van der Waals surface area contributed by atoms with Crippen LogP contribution in [0.25, 0.3) is 0 Å². The number of anilines is 5. The maximum Gasteiger partial charge on any atom is 0.138 e. The number of pyridine rings is 1. The molecular formula is C19H20N4. The Morgan fingerprint density at radius 3 is 2.48 bits per heavy atom. The highest BCUT2D eigenvalue weighted by Gasteiger charge is 2.10. The number of benzene rings is 2. The monoisotopic (exact) mass is 304 g/mol. The van der Waals surface area contributed by atoms with Crippen LogP contribution in [0.1, 0.15) is 5.56 Å². The lowest BCUT2D eigenvalue weighted by atomic mass is 10.2. The Morgan fingerprint density at radius 2 is 1.74 bits per heavy atom. The minimum atomic E-state index is 0.741. The van der Waals surface area contributed by atoms with Crippen molar-refractivity contribution in [2.45, 2.75) is 6.92 Å². The average molecular weight is 304 g/mol. The van der Waals surface area contributed by atoms with Gasteiger partial charge in [0.15, 0.2) is 0 Å². The van der Waals surface area contributed by atoms with E-state index in [1.807, 2.05) is 72.6 Å². The van der Waals surface area contributed by atoms with Gasteiger partial charge in [-0.3, -0.25) is 0 Å². The molecule has 0 aliphatic rings. The quantitative estimate of drug-likeness (QED) is 0.698. The van der Waals surface area contributed by atoms with Crippen molar-refractivity contribution >= 4 is 28.7 Å². The molecule has 0 radical (unpaired) electrons. The first-order chi connectivity index (χ1) is 11.1. The van der Waals surface area contributed by atoms with E-state index in [2.05, 4.69) is 18.3 Å². The number of para-hydroxylation sites is 1. The summed E-state index contributed by atoms with van der Waals surface area (Å²) in [5, 5.41) is 3.33. The summed E-state index contributed by atoms with van der Waals surface area (Å²) in [6.45, 7) is 2.05.